The molecule has 1 aromatic carbocycles. The van der Waals surface area contributed by atoms with Crippen LogP contribution in [0.5, 0.6) is 11.6 Å². The van der Waals surface area contributed by atoms with E-state index in [4.69, 9.17) is 9.47 Å². The molecule has 0 saturated carbocycles. The van der Waals surface area contributed by atoms with Crippen molar-refractivity contribution < 1.29 is 9.47 Å². The summed E-state index contributed by atoms with van der Waals surface area (Å²) in [6, 6.07) is 10.0. The largest absolute Gasteiger partial charge is 0.488 e. The molecule has 1 heterocycles. The average molecular weight is 272 g/mol. The van der Waals surface area contributed by atoms with Gasteiger partial charge in [0.1, 0.15) is 12.4 Å². The van der Waals surface area contributed by atoms with Crippen LogP contribution >= 0.6 is 0 Å². The fourth-order valence-electron chi connectivity index (χ4n) is 2.12. The second kappa shape index (κ2) is 6.91. The van der Waals surface area contributed by atoms with Crippen LogP contribution in [0.4, 0.5) is 0 Å². The SMILES string of the molecule is CNCc1cccc(C)c1OCc1cccnc1OC. The molecule has 0 aliphatic heterocycles. The summed E-state index contributed by atoms with van der Waals surface area (Å²) in [5.41, 5.74) is 3.21. The van der Waals surface area contributed by atoms with Gasteiger partial charge in [0.25, 0.3) is 0 Å². The minimum absolute atomic E-state index is 0.443. The number of aromatic nitrogens is 1. The van der Waals surface area contributed by atoms with Gasteiger partial charge in [-0.3, -0.25) is 0 Å². The lowest BCUT2D eigenvalue weighted by molar-refractivity contribution is 0.289. The van der Waals surface area contributed by atoms with Crippen LogP contribution in [0.1, 0.15) is 16.7 Å². The smallest absolute Gasteiger partial charge is 0.219 e. The summed E-state index contributed by atoms with van der Waals surface area (Å²) in [6.07, 6.45) is 1.71. The number of hydrogen-bond donors (Lipinski definition) is 1. The number of benzene rings is 1. The topological polar surface area (TPSA) is 43.4 Å². The Morgan fingerprint density at radius 2 is 1.95 bits per heavy atom. The third-order valence-corrected chi connectivity index (χ3v) is 3.08. The Morgan fingerprint density at radius 3 is 2.70 bits per heavy atom. The lowest BCUT2D eigenvalue weighted by Gasteiger charge is -2.15. The summed E-state index contributed by atoms with van der Waals surface area (Å²) >= 11 is 0. The maximum Gasteiger partial charge on any atom is 0.219 e. The Balaban J connectivity index is 2.18. The van der Waals surface area contributed by atoms with Crippen molar-refractivity contribution in [2.24, 2.45) is 0 Å². The first-order valence-corrected chi connectivity index (χ1v) is 6.60. The minimum Gasteiger partial charge on any atom is -0.488 e. The van der Waals surface area contributed by atoms with Crippen LogP contribution in [-0.2, 0) is 13.2 Å². The monoisotopic (exact) mass is 272 g/mol. The highest BCUT2D eigenvalue weighted by Gasteiger charge is 2.09. The van der Waals surface area contributed by atoms with Crippen molar-refractivity contribution in [3.8, 4) is 11.6 Å². The molecule has 2 aromatic rings. The molecule has 0 fully saturated rings. The quantitative estimate of drug-likeness (QED) is 0.878. The molecule has 0 saturated heterocycles. The molecule has 1 N–H and O–H groups in total. The van der Waals surface area contributed by atoms with E-state index in [1.54, 1.807) is 13.3 Å². The van der Waals surface area contributed by atoms with Gasteiger partial charge in [-0.1, -0.05) is 18.2 Å². The molecule has 0 unspecified atom stereocenters. The van der Waals surface area contributed by atoms with Gasteiger partial charge in [0.15, 0.2) is 0 Å². The van der Waals surface area contributed by atoms with Crippen LogP contribution in [0, 0.1) is 6.92 Å². The van der Waals surface area contributed by atoms with Gasteiger partial charge >= 0.3 is 0 Å². The average Bonchev–Trinajstić information content (AvgIpc) is 2.47. The maximum absolute atomic E-state index is 5.99. The highest BCUT2D eigenvalue weighted by Crippen LogP contribution is 2.25. The van der Waals surface area contributed by atoms with E-state index < -0.39 is 0 Å². The summed E-state index contributed by atoms with van der Waals surface area (Å²) in [5.74, 6) is 1.53. The van der Waals surface area contributed by atoms with Crippen molar-refractivity contribution in [3.05, 3.63) is 53.2 Å². The van der Waals surface area contributed by atoms with E-state index in [9.17, 15) is 0 Å². The predicted octanol–water partition coefficient (Wildman–Crippen LogP) is 2.70. The first kappa shape index (κ1) is 14.3. The van der Waals surface area contributed by atoms with Gasteiger partial charge in [0, 0.05) is 18.3 Å². The fourth-order valence-corrected chi connectivity index (χ4v) is 2.12. The summed E-state index contributed by atoms with van der Waals surface area (Å²) in [7, 11) is 3.54. The molecule has 2 rings (SSSR count). The van der Waals surface area contributed by atoms with Crippen LogP contribution in [-0.4, -0.2) is 19.1 Å². The second-order valence-electron chi connectivity index (χ2n) is 4.55. The molecule has 0 aliphatic rings. The Kier molecular flexibility index (Phi) is 4.96. The van der Waals surface area contributed by atoms with E-state index in [2.05, 4.69) is 29.4 Å². The predicted molar refractivity (Wildman–Crippen MR) is 79.1 cm³/mol. The van der Waals surface area contributed by atoms with Crippen molar-refractivity contribution in [2.45, 2.75) is 20.1 Å². The zero-order valence-corrected chi connectivity index (χ0v) is 12.1. The van der Waals surface area contributed by atoms with Crippen LogP contribution in [0.25, 0.3) is 0 Å². The van der Waals surface area contributed by atoms with Gasteiger partial charge in [0.2, 0.25) is 5.88 Å². The van der Waals surface area contributed by atoms with Crippen LogP contribution < -0.4 is 14.8 Å². The van der Waals surface area contributed by atoms with Gasteiger partial charge in [-0.2, -0.15) is 0 Å². The van der Waals surface area contributed by atoms with Gasteiger partial charge < -0.3 is 14.8 Å². The first-order chi connectivity index (χ1) is 9.76. The van der Waals surface area contributed by atoms with Crippen LogP contribution in [0.2, 0.25) is 0 Å². The van der Waals surface area contributed by atoms with Crippen molar-refractivity contribution in [3.63, 3.8) is 0 Å². The van der Waals surface area contributed by atoms with Crippen LogP contribution in [0.3, 0.4) is 0 Å². The lowest BCUT2D eigenvalue weighted by atomic mass is 10.1. The van der Waals surface area contributed by atoms with E-state index in [0.717, 1.165) is 29.0 Å². The van der Waals surface area contributed by atoms with E-state index in [1.165, 1.54) is 0 Å². The van der Waals surface area contributed by atoms with Crippen molar-refractivity contribution in [1.82, 2.24) is 10.3 Å². The number of nitrogens with zero attached hydrogens (tertiary/aromatic N) is 1. The van der Waals surface area contributed by atoms with E-state index >= 15 is 0 Å². The normalized spacial score (nSPS) is 10.3. The summed E-state index contributed by atoms with van der Waals surface area (Å²) < 4.78 is 11.2. The Bertz CT molecular complexity index is 570. The van der Waals surface area contributed by atoms with Crippen LogP contribution in [0.15, 0.2) is 36.5 Å². The molecule has 4 heteroatoms. The number of hydrogen-bond acceptors (Lipinski definition) is 4. The Morgan fingerprint density at radius 1 is 1.15 bits per heavy atom. The third-order valence-electron chi connectivity index (χ3n) is 3.08. The van der Waals surface area contributed by atoms with Gasteiger partial charge in [0.05, 0.1) is 12.7 Å². The van der Waals surface area contributed by atoms with Gasteiger partial charge in [-0.15, -0.1) is 0 Å². The molecule has 4 nitrogen and oxygen atoms in total. The summed E-state index contributed by atoms with van der Waals surface area (Å²) in [6.45, 7) is 3.27. The summed E-state index contributed by atoms with van der Waals surface area (Å²) in [5, 5.41) is 3.16. The maximum atomic E-state index is 5.99. The molecule has 20 heavy (non-hydrogen) atoms. The molecule has 0 aliphatic carbocycles. The summed E-state index contributed by atoms with van der Waals surface area (Å²) in [4.78, 5) is 4.18. The zero-order chi connectivity index (χ0) is 14.4. The highest BCUT2D eigenvalue weighted by molar-refractivity contribution is 5.41. The molecule has 0 bridgehead atoms. The lowest BCUT2D eigenvalue weighted by Crippen LogP contribution is -2.09. The molecular formula is C16H20N2O2. The molecule has 1 aromatic heterocycles. The number of nitrogens with one attached hydrogen (secondary N) is 1. The first-order valence-electron chi connectivity index (χ1n) is 6.60. The number of methoxy groups -OCH3 is 1. The molecule has 0 amide bonds. The van der Waals surface area contributed by atoms with Gasteiger partial charge in [-0.05, 0) is 31.7 Å². The minimum atomic E-state index is 0.443. The van der Waals surface area contributed by atoms with E-state index in [-0.39, 0.29) is 0 Å². The number of ether oxygens (including phenoxy) is 2. The Hall–Kier alpha value is -2.07. The number of pyridine rings is 1. The third kappa shape index (κ3) is 3.27. The standard InChI is InChI=1S/C16H20N2O2/c1-12-6-4-7-13(10-17-2)15(12)20-11-14-8-5-9-18-16(14)19-3/h4-9,17H,10-11H2,1-3H3. The number of para-hydroxylation sites is 1. The van der Waals surface area contributed by atoms with Gasteiger partial charge in [-0.25, -0.2) is 4.98 Å². The highest BCUT2D eigenvalue weighted by atomic mass is 16.5. The molecule has 106 valence electrons. The molecule has 0 atom stereocenters. The molecular weight excluding hydrogens is 252 g/mol. The second-order valence-corrected chi connectivity index (χ2v) is 4.55. The number of rotatable bonds is 6. The van der Waals surface area contributed by atoms with E-state index in [1.807, 2.05) is 25.2 Å². The fraction of sp³-hybridized carbons (Fsp3) is 0.312. The van der Waals surface area contributed by atoms with E-state index in [0.29, 0.717) is 12.5 Å². The van der Waals surface area contributed by atoms with Crippen molar-refractivity contribution in [2.75, 3.05) is 14.2 Å². The van der Waals surface area contributed by atoms with Crippen molar-refractivity contribution >= 4 is 0 Å². The Labute approximate surface area is 119 Å². The zero-order valence-electron chi connectivity index (χ0n) is 12.1. The molecule has 0 spiro atoms. The van der Waals surface area contributed by atoms with Crippen molar-refractivity contribution in [1.29, 1.82) is 0 Å². The molecule has 0 radical (unpaired) electrons. The number of aryl methyl sites for hydroxylation is 1.